The Morgan fingerprint density at radius 2 is 2.00 bits per heavy atom. The van der Waals surface area contributed by atoms with Gasteiger partial charge in [-0.05, 0) is 37.3 Å². The highest BCUT2D eigenvalue weighted by molar-refractivity contribution is 7.17. The zero-order valence-corrected chi connectivity index (χ0v) is 16.9. The van der Waals surface area contributed by atoms with Crippen molar-refractivity contribution >= 4 is 39.8 Å². The first-order chi connectivity index (χ1) is 13.1. The van der Waals surface area contributed by atoms with Crippen LogP contribution in [-0.4, -0.2) is 25.5 Å². The molecule has 0 bridgehead atoms. The molecule has 27 heavy (non-hydrogen) atoms. The van der Waals surface area contributed by atoms with Crippen LogP contribution in [0.25, 0.3) is 0 Å². The number of quaternary nitrogens is 1. The van der Waals surface area contributed by atoms with Crippen LogP contribution in [0.4, 0.5) is 5.00 Å². The summed E-state index contributed by atoms with van der Waals surface area (Å²) in [4.78, 5) is 25.9. The summed E-state index contributed by atoms with van der Waals surface area (Å²) >= 11 is 7.65. The summed E-state index contributed by atoms with van der Waals surface area (Å²) in [6.07, 6.45) is 5.17. The van der Waals surface area contributed by atoms with Crippen molar-refractivity contribution < 1.29 is 19.6 Å². The standard InChI is InChI=1S/C20H23ClN2O3S/c1-26-20(25)18-14-8-3-2-4-10-16(14)27-19(18)23-17(24)12-22-11-13-7-5-6-9-15(13)21/h5-7,9,22H,2-4,8,10-12H2,1H3,(H,23,24)/p+1. The molecule has 1 amide bonds. The molecule has 1 heterocycles. The second-order valence-corrected chi connectivity index (χ2v) is 8.11. The van der Waals surface area contributed by atoms with Crippen molar-refractivity contribution in [3.63, 3.8) is 0 Å². The molecule has 7 heteroatoms. The summed E-state index contributed by atoms with van der Waals surface area (Å²) in [6, 6.07) is 7.60. The van der Waals surface area contributed by atoms with Crippen LogP contribution in [0.15, 0.2) is 24.3 Å². The number of amides is 1. The fourth-order valence-corrected chi connectivity index (χ4v) is 4.86. The summed E-state index contributed by atoms with van der Waals surface area (Å²) in [5.41, 5.74) is 2.59. The maximum Gasteiger partial charge on any atom is 0.341 e. The molecule has 0 atom stereocenters. The first-order valence-electron chi connectivity index (χ1n) is 9.18. The highest BCUT2D eigenvalue weighted by atomic mass is 35.5. The average Bonchev–Trinajstić information content (AvgIpc) is 2.83. The summed E-state index contributed by atoms with van der Waals surface area (Å²) in [5, 5.41) is 6.13. The number of ether oxygens (including phenoxy) is 1. The third-order valence-corrected chi connectivity index (χ3v) is 6.29. The molecule has 0 aliphatic heterocycles. The van der Waals surface area contributed by atoms with Gasteiger partial charge < -0.3 is 15.4 Å². The van der Waals surface area contributed by atoms with Crippen molar-refractivity contribution in [3.05, 3.63) is 50.9 Å². The van der Waals surface area contributed by atoms with E-state index in [1.165, 1.54) is 29.7 Å². The second-order valence-electron chi connectivity index (χ2n) is 6.60. The number of esters is 1. The molecule has 1 aromatic carbocycles. The van der Waals surface area contributed by atoms with Gasteiger partial charge in [0.2, 0.25) is 0 Å². The van der Waals surface area contributed by atoms with Crippen LogP contribution in [0, 0.1) is 0 Å². The Morgan fingerprint density at radius 1 is 1.22 bits per heavy atom. The number of nitrogens with one attached hydrogen (secondary N) is 1. The Balaban J connectivity index is 1.66. The van der Waals surface area contributed by atoms with E-state index in [-0.39, 0.29) is 18.4 Å². The van der Waals surface area contributed by atoms with Crippen LogP contribution in [0.5, 0.6) is 0 Å². The molecule has 3 rings (SSSR count). The van der Waals surface area contributed by atoms with E-state index in [1.54, 1.807) is 0 Å². The molecule has 5 nitrogen and oxygen atoms in total. The predicted octanol–water partition coefficient (Wildman–Crippen LogP) is 3.16. The van der Waals surface area contributed by atoms with E-state index in [1.807, 2.05) is 29.6 Å². The van der Waals surface area contributed by atoms with E-state index in [0.717, 1.165) is 36.8 Å². The summed E-state index contributed by atoms with van der Waals surface area (Å²) < 4.78 is 4.97. The van der Waals surface area contributed by atoms with Crippen molar-refractivity contribution in [2.45, 2.75) is 38.6 Å². The summed E-state index contributed by atoms with van der Waals surface area (Å²) in [6.45, 7) is 0.881. The molecule has 0 spiro atoms. The number of nitrogens with two attached hydrogens (primary N) is 1. The number of fused-ring (bicyclic) bond motifs is 1. The Bertz CT molecular complexity index is 835. The molecule has 1 aliphatic rings. The van der Waals surface area contributed by atoms with Crippen LogP contribution in [0.3, 0.4) is 0 Å². The molecular formula is C20H24ClN2O3S+. The second kappa shape index (κ2) is 9.35. The maximum absolute atomic E-state index is 12.4. The lowest BCUT2D eigenvalue weighted by Crippen LogP contribution is -2.84. The van der Waals surface area contributed by atoms with Gasteiger partial charge in [-0.15, -0.1) is 11.3 Å². The number of methoxy groups -OCH3 is 1. The van der Waals surface area contributed by atoms with Gasteiger partial charge in [-0.2, -0.15) is 0 Å². The zero-order chi connectivity index (χ0) is 19.2. The Kier molecular flexibility index (Phi) is 6.88. The maximum atomic E-state index is 12.4. The summed E-state index contributed by atoms with van der Waals surface area (Å²) in [7, 11) is 1.38. The van der Waals surface area contributed by atoms with Gasteiger partial charge in [0, 0.05) is 15.5 Å². The number of hydrogen-bond donors (Lipinski definition) is 2. The number of aryl methyl sites for hydroxylation is 1. The minimum Gasteiger partial charge on any atom is -0.465 e. The molecule has 0 unspecified atom stereocenters. The van der Waals surface area contributed by atoms with Gasteiger partial charge in [-0.25, -0.2) is 4.79 Å². The van der Waals surface area contributed by atoms with Gasteiger partial charge in [-0.1, -0.05) is 36.2 Å². The number of rotatable bonds is 6. The number of anilines is 1. The van der Waals surface area contributed by atoms with Crippen LogP contribution in [0.1, 0.15) is 45.6 Å². The molecule has 0 radical (unpaired) electrons. The summed E-state index contributed by atoms with van der Waals surface area (Å²) in [5.74, 6) is -0.506. The number of thiophene rings is 1. The van der Waals surface area contributed by atoms with Gasteiger partial charge in [0.15, 0.2) is 6.54 Å². The molecule has 144 valence electrons. The van der Waals surface area contributed by atoms with Gasteiger partial charge in [0.05, 0.1) is 12.7 Å². The van der Waals surface area contributed by atoms with Crippen LogP contribution in [-0.2, 0) is 28.9 Å². The highest BCUT2D eigenvalue weighted by Crippen LogP contribution is 2.37. The normalized spacial score (nSPS) is 13.6. The van der Waals surface area contributed by atoms with Crippen molar-refractivity contribution in [2.75, 3.05) is 19.0 Å². The Labute approximate surface area is 168 Å². The lowest BCUT2D eigenvalue weighted by Gasteiger charge is -2.07. The molecule has 1 aliphatic carbocycles. The lowest BCUT2D eigenvalue weighted by molar-refractivity contribution is -0.659. The van der Waals surface area contributed by atoms with Gasteiger partial charge >= 0.3 is 5.97 Å². The molecule has 0 saturated heterocycles. The van der Waals surface area contributed by atoms with E-state index in [4.69, 9.17) is 16.3 Å². The predicted molar refractivity (Wildman–Crippen MR) is 107 cm³/mol. The molecule has 0 fully saturated rings. The van der Waals surface area contributed by atoms with Crippen molar-refractivity contribution in [1.29, 1.82) is 0 Å². The molecule has 0 saturated carbocycles. The van der Waals surface area contributed by atoms with Crippen LogP contribution >= 0.6 is 22.9 Å². The topological polar surface area (TPSA) is 72.0 Å². The number of halogens is 1. The van der Waals surface area contributed by atoms with Gasteiger partial charge in [0.1, 0.15) is 11.5 Å². The highest BCUT2D eigenvalue weighted by Gasteiger charge is 2.26. The minimum absolute atomic E-state index is 0.136. The number of carbonyl (C=O) groups excluding carboxylic acids is 2. The number of hydrogen-bond acceptors (Lipinski definition) is 4. The SMILES string of the molecule is COC(=O)c1c(NC(=O)C[NH2+]Cc2ccccc2Cl)sc2c1CCCCC2. The monoisotopic (exact) mass is 407 g/mol. The quantitative estimate of drug-likeness (QED) is 0.570. The first kappa shape index (κ1) is 19.9. The van der Waals surface area contributed by atoms with Crippen LogP contribution < -0.4 is 10.6 Å². The molecule has 2 aromatic rings. The average molecular weight is 408 g/mol. The number of carbonyl (C=O) groups is 2. The van der Waals surface area contributed by atoms with Crippen LogP contribution in [0.2, 0.25) is 5.02 Å². The molecule has 3 N–H and O–H groups in total. The van der Waals surface area contributed by atoms with Crippen molar-refractivity contribution in [1.82, 2.24) is 0 Å². The molecule has 1 aromatic heterocycles. The third-order valence-electron chi connectivity index (χ3n) is 4.72. The van der Waals surface area contributed by atoms with Gasteiger partial charge in [0.25, 0.3) is 5.91 Å². The van der Waals surface area contributed by atoms with E-state index in [9.17, 15) is 9.59 Å². The zero-order valence-electron chi connectivity index (χ0n) is 15.3. The van der Waals surface area contributed by atoms with Crippen molar-refractivity contribution in [2.24, 2.45) is 0 Å². The smallest absolute Gasteiger partial charge is 0.341 e. The van der Waals surface area contributed by atoms with Crippen molar-refractivity contribution in [3.8, 4) is 0 Å². The fourth-order valence-electron chi connectivity index (χ4n) is 3.35. The largest absolute Gasteiger partial charge is 0.465 e. The minimum atomic E-state index is -0.371. The number of benzene rings is 1. The van der Waals surface area contributed by atoms with E-state index in [2.05, 4.69) is 5.32 Å². The Hall–Kier alpha value is -1.89. The van der Waals surface area contributed by atoms with Gasteiger partial charge in [-0.3, -0.25) is 4.79 Å². The van der Waals surface area contributed by atoms with E-state index < -0.39 is 0 Å². The lowest BCUT2D eigenvalue weighted by atomic mass is 10.1. The Morgan fingerprint density at radius 3 is 2.78 bits per heavy atom. The third kappa shape index (κ3) is 4.89. The van der Waals surface area contributed by atoms with E-state index in [0.29, 0.717) is 22.1 Å². The molecular weight excluding hydrogens is 384 g/mol. The van der Waals surface area contributed by atoms with E-state index >= 15 is 0 Å². The fraction of sp³-hybridized carbons (Fsp3) is 0.400. The first-order valence-corrected chi connectivity index (χ1v) is 10.4.